The topological polar surface area (TPSA) is 102 Å². The molecular formula is C26H21N3O5S. The highest BCUT2D eigenvalue weighted by molar-refractivity contribution is 7.22. The number of Topliss-reactive ketones (excluding diaryl/α,β-unsaturated/α-hetero) is 1. The summed E-state index contributed by atoms with van der Waals surface area (Å²) in [4.78, 5) is 36.6. The van der Waals surface area contributed by atoms with Crippen LogP contribution in [0.5, 0.6) is 11.5 Å². The van der Waals surface area contributed by atoms with Crippen molar-refractivity contribution < 1.29 is 24.2 Å². The lowest BCUT2D eigenvalue weighted by atomic mass is 9.95. The number of aliphatic hydroxyl groups excluding tert-OH is 1. The molecule has 4 aromatic rings. The van der Waals surface area contributed by atoms with E-state index in [0.29, 0.717) is 39.9 Å². The molecule has 176 valence electrons. The number of ether oxygens (including phenoxy) is 2. The van der Waals surface area contributed by atoms with Gasteiger partial charge >= 0.3 is 5.91 Å². The molecular weight excluding hydrogens is 466 g/mol. The number of pyridine rings is 1. The largest absolute Gasteiger partial charge is 0.507 e. The molecule has 2 aromatic carbocycles. The number of anilines is 1. The molecule has 1 aliphatic heterocycles. The Morgan fingerprint density at radius 2 is 1.89 bits per heavy atom. The van der Waals surface area contributed by atoms with Crippen LogP contribution in [0.4, 0.5) is 5.13 Å². The van der Waals surface area contributed by atoms with Crippen LogP contribution >= 0.6 is 11.3 Å². The van der Waals surface area contributed by atoms with Gasteiger partial charge in [0.15, 0.2) is 5.13 Å². The van der Waals surface area contributed by atoms with E-state index in [1.54, 1.807) is 55.6 Å². The molecule has 3 heterocycles. The Labute approximate surface area is 205 Å². The Kier molecular flexibility index (Phi) is 5.92. The van der Waals surface area contributed by atoms with Crippen molar-refractivity contribution in [3.63, 3.8) is 0 Å². The van der Waals surface area contributed by atoms with E-state index in [4.69, 9.17) is 9.47 Å². The monoisotopic (exact) mass is 487 g/mol. The van der Waals surface area contributed by atoms with Crippen molar-refractivity contribution in [2.45, 2.75) is 13.0 Å². The molecule has 0 saturated carbocycles. The zero-order valence-corrected chi connectivity index (χ0v) is 19.8. The lowest BCUT2D eigenvalue weighted by Crippen LogP contribution is -2.29. The normalized spacial score (nSPS) is 17.2. The number of hydrogen-bond acceptors (Lipinski definition) is 8. The number of methoxy groups -OCH3 is 1. The fraction of sp³-hybridized carbons (Fsp3) is 0.154. The van der Waals surface area contributed by atoms with Gasteiger partial charge in [-0.25, -0.2) is 4.98 Å². The molecule has 0 spiro atoms. The minimum Gasteiger partial charge on any atom is -0.507 e. The van der Waals surface area contributed by atoms with Crippen LogP contribution in [0.25, 0.3) is 16.0 Å². The van der Waals surface area contributed by atoms with Gasteiger partial charge in [0, 0.05) is 18.0 Å². The van der Waals surface area contributed by atoms with Crippen LogP contribution < -0.4 is 14.4 Å². The van der Waals surface area contributed by atoms with Crippen molar-refractivity contribution in [1.82, 2.24) is 9.97 Å². The summed E-state index contributed by atoms with van der Waals surface area (Å²) in [5.41, 5.74) is 1.65. The Morgan fingerprint density at radius 3 is 2.63 bits per heavy atom. The maximum Gasteiger partial charge on any atom is 0.301 e. The summed E-state index contributed by atoms with van der Waals surface area (Å²) in [5.74, 6) is -0.578. The average Bonchev–Trinajstić information content (AvgIpc) is 3.42. The van der Waals surface area contributed by atoms with Crippen LogP contribution in [0.1, 0.15) is 24.1 Å². The van der Waals surface area contributed by atoms with Crippen molar-refractivity contribution in [1.29, 1.82) is 0 Å². The molecule has 1 amide bonds. The van der Waals surface area contributed by atoms with Gasteiger partial charge in [0.05, 0.1) is 35.5 Å². The first-order valence-corrected chi connectivity index (χ1v) is 11.7. The zero-order chi connectivity index (χ0) is 24.5. The predicted molar refractivity (Wildman–Crippen MR) is 133 cm³/mol. The summed E-state index contributed by atoms with van der Waals surface area (Å²) in [5, 5.41) is 11.5. The van der Waals surface area contributed by atoms with Crippen LogP contribution in [0.2, 0.25) is 0 Å². The van der Waals surface area contributed by atoms with Crippen molar-refractivity contribution in [3.05, 3.63) is 83.7 Å². The maximum absolute atomic E-state index is 13.4. The van der Waals surface area contributed by atoms with Crippen LogP contribution in [-0.4, -0.2) is 40.5 Å². The standard InChI is InChI=1S/C26H21N3O5S/c1-3-34-18-6-4-5-16(13-18)22-21(23(30)15-9-11-27-12-10-15)24(31)25(32)29(22)26-28-19-8-7-17(33-2)14-20(19)35-26/h4-14,22,30H,3H2,1-2H3/b23-21+. The van der Waals surface area contributed by atoms with Crippen molar-refractivity contribution in [3.8, 4) is 11.5 Å². The van der Waals surface area contributed by atoms with Gasteiger partial charge in [0.2, 0.25) is 0 Å². The molecule has 1 fully saturated rings. The smallest absolute Gasteiger partial charge is 0.301 e. The Balaban J connectivity index is 1.72. The van der Waals surface area contributed by atoms with Crippen LogP contribution in [0.3, 0.4) is 0 Å². The molecule has 9 heteroatoms. The van der Waals surface area contributed by atoms with Crippen molar-refractivity contribution in [2.24, 2.45) is 0 Å². The molecule has 8 nitrogen and oxygen atoms in total. The number of thiazole rings is 1. The first-order chi connectivity index (χ1) is 17.0. The number of aromatic nitrogens is 2. The number of aliphatic hydroxyl groups is 1. The quantitative estimate of drug-likeness (QED) is 0.238. The summed E-state index contributed by atoms with van der Waals surface area (Å²) in [6, 6.07) is 14.8. The number of amides is 1. The number of nitrogens with zero attached hydrogens (tertiary/aromatic N) is 3. The van der Waals surface area contributed by atoms with Gasteiger partial charge < -0.3 is 14.6 Å². The number of benzene rings is 2. The van der Waals surface area contributed by atoms with Crippen LogP contribution in [0, 0.1) is 0 Å². The van der Waals surface area contributed by atoms with Gasteiger partial charge in [-0.3, -0.25) is 19.5 Å². The second-order valence-corrected chi connectivity index (χ2v) is 8.75. The van der Waals surface area contributed by atoms with Gasteiger partial charge in [-0.15, -0.1) is 0 Å². The van der Waals surface area contributed by atoms with E-state index in [0.717, 1.165) is 4.70 Å². The average molecular weight is 488 g/mol. The molecule has 0 aliphatic carbocycles. The summed E-state index contributed by atoms with van der Waals surface area (Å²) in [7, 11) is 1.58. The van der Waals surface area contributed by atoms with Gasteiger partial charge in [0.1, 0.15) is 17.3 Å². The molecule has 1 unspecified atom stereocenters. The van der Waals surface area contributed by atoms with E-state index >= 15 is 0 Å². The molecule has 2 aromatic heterocycles. The highest BCUT2D eigenvalue weighted by Crippen LogP contribution is 2.45. The second-order valence-electron chi connectivity index (χ2n) is 7.74. The summed E-state index contributed by atoms with van der Waals surface area (Å²) < 4.78 is 11.8. The second kappa shape index (κ2) is 9.19. The number of ketones is 1. The minimum atomic E-state index is -0.897. The SMILES string of the molecule is CCOc1cccc(C2/C(=C(\O)c3ccncc3)C(=O)C(=O)N2c2nc3ccc(OC)cc3s2)c1. The number of carbonyl (C=O) groups is 2. The molecule has 5 rings (SSSR count). The summed E-state index contributed by atoms with van der Waals surface area (Å²) >= 11 is 1.27. The summed E-state index contributed by atoms with van der Waals surface area (Å²) in [6.07, 6.45) is 3.02. The maximum atomic E-state index is 13.4. The fourth-order valence-corrected chi connectivity index (χ4v) is 5.10. The Hall–Kier alpha value is -4.24. The highest BCUT2D eigenvalue weighted by atomic mass is 32.1. The third kappa shape index (κ3) is 4.00. The van der Waals surface area contributed by atoms with Crippen LogP contribution in [-0.2, 0) is 9.59 Å². The lowest BCUT2D eigenvalue weighted by Gasteiger charge is -2.23. The Morgan fingerprint density at radius 1 is 1.09 bits per heavy atom. The molecule has 1 atom stereocenters. The van der Waals surface area contributed by atoms with E-state index in [2.05, 4.69) is 9.97 Å². The Bertz CT molecular complexity index is 1460. The van der Waals surface area contributed by atoms with Crippen molar-refractivity contribution in [2.75, 3.05) is 18.6 Å². The number of hydrogen-bond donors (Lipinski definition) is 1. The first-order valence-electron chi connectivity index (χ1n) is 10.9. The molecule has 1 N–H and O–H groups in total. The number of carbonyl (C=O) groups excluding carboxylic acids is 2. The van der Waals surface area contributed by atoms with E-state index in [-0.39, 0.29) is 11.3 Å². The first kappa shape index (κ1) is 22.5. The van der Waals surface area contributed by atoms with Crippen LogP contribution in [0.15, 0.2) is 72.6 Å². The lowest BCUT2D eigenvalue weighted by molar-refractivity contribution is -0.132. The van der Waals surface area contributed by atoms with Gasteiger partial charge in [-0.05, 0) is 55.0 Å². The minimum absolute atomic E-state index is 0.0216. The van der Waals surface area contributed by atoms with Gasteiger partial charge in [-0.2, -0.15) is 0 Å². The molecule has 0 radical (unpaired) electrons. The third-order valence-corrected chi connectivity index (χ3v) is 6.69. The number of rotatable bonds is 6. The van der Waals surface area contributed by atoms with E-state index in [9.17, 15) is 14.7 Å². The van der Waals surface area contributed by atoms with Gasteiger partial charge in [0.25, 0.3) is 5.78 Å². The third-order valence-electron chi connectivity index (χ3n) is 5.67. The summed E-state index contributed by atoms with van der Waals surface area (Å²) in [6.45, 7) is 2.33. The predicted octanol–water partition coefficient (Wildman–Crippen LogP) is 4.72. The molecule has 0 bridgehead atoms. The number of fused-ring (bicyclic) bond motifs is 1. The molecule has 35 heavy (non-hydrogen) atoms. The zero-order valence-electron chi connectivity index (χ0n) is 19.0. The highest BCUT2D eigenvalue weighted by Gasteiger charge is 2.48. The van der Waals surface area contributed by atoms with E-state index < -0.39 is 17.7 Å². The van der Waals surface area contributed by atoms with E-state index in [1.807, 2.05) is 13.0 Å². The molecule has 1 saturated heterocycles. The van der Waals surface area contributed by atoms with Crippen molar-refractivity contribution >= 4 is 44.1 Å². The van der Waals surface area contributed by atoms with E-state index in [1.165, 1.54) is 28.6 Å². The van der Waals surface area contributed by atoms with Gasteiger partial charge in [-0.1, -0.05) is 23.5 Å². The molecule has 1 aliphatic rings. The fourth-order valence-electron chi connectivity index (χ4n) is 4.07.